The lowest BCUT2D eigenvalue weighted by Gasteiger charge is -2.17. The van der Waals surface area contributed by atoms with Crippen LogP contribution >= 0.6 is 23.2 Å². The Morgan fingerprint density at radius 3 is 2.40 bits per heavy atom. The lowest BCUT2D eigenvalue weighted by Crippen LogP contribution is -2.47. The summed E-state index contributed by atoms with van der Waals surface area (Å²) in [5.74, 6) is -1.88. The molecule has 43 heavy (non-hydrogen) atoms. The third-order valence-electron chi connectivity index (χ3n) is 6.52. The van der Waals surface area contributed by atoms with Crippen LogP contribution in [0.15, 0.2) is 103 Å². The van der Waals surface area contributed by atoms with Crippen molar-refractivity contribution in [1.82, 2.24) is 20.1 Å². The number of rotatable bonds is 11. The molecule has 2 heterocycles. The van der Waals surface area contributed by atoms with Gasteiger partial charge >= 0.3 is 0 Å². The van der Waals surface area contributed by atoms with E-state index in [9.17, 15) is 14.4 Å². The van der Waals surface area contributed by atoms with Crippen LogP contribution in [-0.4, -0.2) is 38.4 Å². The molecule has 3 aromatic carbocycles. The van der Waals surface area contributed by atoms with E-state index in [1.54, 1.807) is 66.9 Å². The van der Waals surface area contributed by atoms with Crippen molar-refractivity contribution in [3.8, 4) is 22.8 Å². The van der Waals surface area contributed by atoms with E-state index < -0.39 is 23.6 Å². The summed E-state index contributed by atoms with van der Waals surface area (Å²) in [6.07, 6.45) is 3.17. The number of nitrogens with one attached hydrogen (secondary N) is 1. The number of ether oxygens (including phenoxy) is 1. The fraction of sp³-hybridized carbons (Fsp3) is 0.0938. The van der Waals surface area contributed by atoms with E-state index in [1.807, 2.05) is 30.3 Å². The van der Waals surface area contributed by atoms with Crippen LogP contribution in [0.5, 0.6) is 5.75 Å². The van der Waals surface area contributed by atoms with Gasteiger partial charge in [0.2, 0.25) is 5.78 Å². The highest BCUT2D eigenvalue weighted by Crippen LogP contribution is 2.29. The van der Waals surface area contributed by atoms with Gasteiger partial charge in [-0.25, -0.2) is 9.67 Å². The maximum Gasteiger partial charge on any atom is 0.287 e. The Labute approximate surface area is 257 Å². The molecule has 2 aromatic heterocycles. The molecule has 0 aliphatic carbocycles. The number of aromatic nitrogens is 3. The van der Waals surface area contributed by atoms with Crippen molar-refractivity contribution in [3.63, 3.8) is 0 Å². The number of carbonyl (C=O) groups is 3. The first-order valence-electron chi connectivity index (χ1n) is 13.1. The normalized spacial score (nSPS) is 11.5. The Hall–Kier alpha value is -4.99. The molecular weight excluding hydrogens is 589 g/mol. The Bertz CT molecular complexity index is 1770. The molecule has 11 heteroatoms. The van der Waals surface area contributed by atoms with Gasteiger partial charge in [-0.1, -0.05) is 65.7 Å². The first kappa shape index (κ1) is 29.5. The van der Waals surface area contributed by atoms with E-state index in [-0.39, 0.29) is 17.8 Å². The molecule has 2 amide bonds. The summed E-state index contributed by atoms with van der Waals surface area (Å²) in [7, 11) is 0. The minimum absolute atomic E-state index is 0.0308. The van der Waals surface area contributed by atoms with E-state index in [4.69, 9.17) is 33.7 Å². The van der Waals surface area contributed by atoms with E-state index in [1.165, 1.54) is 10.9 Å². The number of carbonyl (C=O) groups excluding carboxylic acids is 3. The predicted octanol–water partition coefficient (Wildman–Crippen LogP) is 5.22. The first-order valence-corrected chi connectivity index (χ1v) is 13.9. The second-order valence-corrected chi connectivity index (χ2v) is 10.4. The molecule has 9 nitrogen and oxygen atoms in total. The largest absolute Gasteiger partial charge is 0.489 e. The quantitative estimate of drug-likeness (QED) is 0.197. The Morgan fingerprint density at radius 1 is 0.907 bits per heavy atom. The topological polar surface area (TPSA) is 129 Å². The van der Waals surface area contributed by atoms with Crippen molar-refractivity contribution in [3.05, 3.63) is 130 Å². The summed E-state index contributed by atoms with van der Waals surface area (Å²) < 4.78 is 7.24. The summed E-state index contributed by atoms with van der Waals surface area (Å²) in [6, 6.07) is 25.4. The molecular formula is C32H25Cl2N5O4. The van der Waals surface area contributed by atoms with Crippen LogP contribution in [0.4, 0.5) is 0 Å². The van der Waals surface area contributed by atoms with Gasteiger partial charge in [-0.15, -0.1) is 0 Å². The molecule has 0 aliphatic heterocycles. The van der Waals surface area contributed by atoms with Crippen molar-refractivity contribution in [1.29, 1.82) is 0 Å². The number of amides is 2. The zero-order valence-corrected chi connectivity index (χ0v) is 24.1. The average molecular weight is 614 g/mol. The zero-order chi connectivity index (χ0) is 30.3. The fourth-order valence-electron chi connectivity index (χ4n) is 4.35. The third kappa shape index (κ3) is 7.27. The molecule has 1 unspecified atom stereocenters. The molecule has 0 spiro atoms. The van der Waals surface area contributed by atoms with Gasteiger partial charge in [0.15, 0.2) is 5.82 Å². The second kappa shape index (κ2) is 13.3. The van der Waals surface area contributed by atoms with Crippen molar-refractivity contribution < 1.29 is 19.1 Å². The molecule has 5 rings (SSSR count). The SMILES string of the molecule is NC(=O)C(=O)C(Cc1ccc(OCc2ccccc2)cc1)NC(=O)c1cccnc1-n1ccc(-c2ccc(Cl)cc2Cl)n1. The standard InChI is InChI=1S/C32H25Cl2N5O4/c33-22-10-13-24(26(34)18-22)27-14-16-39(38-27)31-25(7-4-15-36-31)32(42)37-28(29(40)30(35)41)17-20-8-11-23(12-9-20)43-19-21-5-2-1-3-6-21/h1-16,18,28H,17,19H2,(H2,35,41)(H,37,42). The Balaban J connectivity index is 1.32. The lowest BCUT2D eigenvalue weighted by atomic mass is 10.0. The number of Topliss-reactive ketones (excluding diaryl/α,β-unsaturated/α-hetero) is 1. The molecule has 1 atom stereocenters. The Morgan fingerprint density at radius 2 is 1.67 bits per heavy atom. The van der Waals surface area contributed by atoms with Crippen molar-refractivity contribution in [2.75, 3.05) is 0 Å². The molecule has 216 valence electrons. The molecule has 3 N–H and O–H groups in total. The van der Waals surface area contributed by atoms with Crippen LogP contribution in [0.2, 0.25) is 10.0 Å². The fourth-order valence-corrected chi connectivity index (χ4v) is 4.86. The number of ketones is 1. The van der Waals surface area contributed by atoms with Gasteiger partial charge in [0, 0.05) is 29.4 Å². The van der Waals surface area contributed by atoms with Gasteiger partial charge in [0.05, 0.1) is 16.3 Å². The minimum Gasteiger partial charge on any atom is -0.489 e. The van der Waals surface area contributed by atoms with Crippen LogP contribution in [0, 0.1) is 0 Å². The highest BCUT2D eigenvalue weighted by atomic mass is 35.5. The average Bonchev–Trinajstić information content (AvgIpc) is 3.50. The number of primary amides is 1. The summed E-state index contributed by atoms with van der Waals surface area (Å²) in [5.41, 5.74) is 8.35. The number of nitrogens with two attached hydrogens (primary N) is 1. The van der Waals surface area contributed by atoms with E-state index in [0.29, 0.717) is 39.2 Å². The van der Waals surface area contributed by atoms with E-state index >= 15 is 0 Å². The number of pyridine rings is 1. The van der Waals surface area contributed by atoms with Crippen LogP contribution < -0.4 is 15.8 Å². The molecule has 0 saturated carbocycles. The van der Waals surface area contributed by atoms with Gasteiger partial charge < -0.3 is 15.8 Å². The smallest absolute Gasteiger partial charge is 0.287 e. The number of halogens is 2. The van der Waals surface area contributed by atoms with Gasteiger partial charge in [0.1, 0.15) is 18.4 Å². The van der Waals surface area contributed by atoms with Crippen LogP contribution in [-0.2, 0) is 22.6 Å². The van der Waals surface area contributed by atoms with Gasteiger partial charge in [0.25, 0.3) is 11.8 Å². The molecule has 0 saturated heterocycles. The molecule has 0 radical (unpaired) electrons. The van der Waals surface area contributed by atoms with Crippen molar-refractivity contribution in [2.45, 2.75) is 19.1 Å². The summed E-state index contributed by atoms with van der Waals surface area (Å²) in [6.45, 7) is 0.400. The monoisotopic (exact) mass is 613 g/mol. The summed E-state index contributed by atoms with van der Waals surface area (Å²) >= 11 is 12.4. The lowest BCUT2D eigenvalue weighted by molar-refractivity contribution is -0.137. The first-order chi connectivity index (χ1) is 20.8. The molecule has 0 aliphatic rings. The van der Waals surface area contributed by atoms with Crippen molar-refractivity contribution >= 4 is 40.8 Å². The summed E-state index contributed by atoms with van der Waals surface area (Å²) in [5, 5.41) is 8.09. The second-order valence-electron chi connectivity index (χ2n) is 9.52. The van der Waals surface area contributed by atoms with Gasteiger partial charge in [-0.05, 0) is 59.7 Å². The van der Waals surface area contributed by atoms with E-state index in [2.05, 4.69) is 15.4 Å². The van der Waals surface area contributed by atoms with Crippen LogP contribution in [0.25, 0.3) is 17.1 Å². The van der Waals surface area contributed by atoms with Crippen LogP contribution in [0.3, 0.4) is 0 Å². The predicted molar refractivity (Wildman–Crippen MR) is 163 cm³/mol. The maximum atomic E-state index is 13.5. The highest BCUT2D eigenvalue weighted by molar-refractivity contribution is 6.38. The molecule has 5 aromatic rings. The van der Waals surface area contributed by atoms with Crippen LogP contribution in [0.1, 0.15) is 21.5 Å². The van der Waals surface area contributed by atoms with E-state index in [0.717, 1.165) is 5.56 Å². The highest BCUT2D eigenvalue weighted by Gasteiger charge is 2.27. The van der Waals surface area contributed by atoms with Gasteiger partial charge in [-0.2, -0.15) is 5.10 Å². The number of benzene rings is 3. The maximum absolute atomic E-state index is 13.5. The number of nitrogens with zero attached hydrogens (tertiary/aromatic N) is 3. The minimum atomic E-state index is -1.21. The summed E-state index contributed by atoms with van der Waals surface area (Å²) in [4.78, 5) is 42.4. The molecule has 0 bridgehead atoms. The zero-order valence-electron chi connectivity index (χ0n) is 22.6. The van der Waals surface area contributed by atoms with Crippen molar-refractivity contribution in [2.24, 2.45) is 5.73 Å². The Kier molecular flexibility index (Phi) is 9.14. The number of hydrogen-bond acceptors (Lipinski definition) is 6. The number of hydrogen-bond donors (Lipinski definition) is 2. The van der Waals surface area contributed by atoms with Gasteiger partial charge in [-0.3, -0.25) is 14.4 Å². The molecule has 0 fully saturated rings. The third-order valence-corrected chi connectivity index (χ3v) is 7.07.